The van der Waals surface area contributed by atoms with Crippen molar-refractivity contribution in [1.82, 2.24) is 24.7 Å². The van der Waals surface area contributed by atoms with Gasteiger partial charge in [0.05, 0.1) is 17.1 Å². The molecule has 0 atom stereocenters. The molecule has 0 saturated carbocycles. The summed E-state index contributed by atoms with van der Waals surface area (Å²) in [7, 11) is 0. The van der Waals surface area contributed by atoms with Crippen LogP contribution in [-0.4, -0.2) is 30.8 Å². The summed E-state index contributed by atoms with van der Waals surface area (Å²) in [5.74, 6) is 0.292. The van der Waals surface area contributed by atoms with Gasteiger partial charge in [-0.1, -0.05) is 45.9 Å². The monoisotopic (exact) mass is 543 g/mol. The smallest absolute Gasteiger partial charge is 0.324 e. The molecule has 0 fully saturated rings. The van der Waals surface area contributed by atoms with Crippen LogP contribution in [0.2, 0.25) is 0 Å². The zero-order valence-electron chi connectivity index (χ0n) is 22.8. The van der Waals surface area contributed by atoms with Gasteiger partial charge in [0.25, 0.3) is 5.56 Å². The molecule has 5 rings (SSSR count). The summed E-state index contributed by atoms with van der Waals surface area (Å²) < 4.78 is 22.3. The van der Waals surface area contributed by atoms with Gasteiger partial charge in [0.2, 0.25) is 0 Å². The van der Waals surface area contributed by atoms with Crippen molar-refractivity contribution in [1.29, 1.82) is 0 Å². The third-order valence-corrected chi connectivity index (χ3v) is 5.71. The van der Waals surface area contributed by atoms with E-state index in [1.54, 1.807) is 17.7 Å². The van der Waals surface area contributed by atoms with Crippen LogP contribution >= 0.6 is 0 Å². The fourth-order valence-electron chi connectivity index (χ4n) is 3.73. The van der Waals surface area contributed by atoms with Crippen molar-refractivity contribution in [3.05, 3.63) is 94.4 Å². The normalized spacial score (nSPS) is 10.7. The molecule has 10 nitrogen and oxygen atoms in total. The Bertz CT molecular complexity index is 1700. The molecule has 0 aliphatic heterocycles. The van der Waals surface area contributed by atoms with Crippen molar-refractivity contribution >= 4 is 28.7 Å². The van der Waals surface area contributed by atoms with Gasteiger partial charge in [-0.3, -0.25) is 10.1 Å². The molecular formula is C29H30FN7O3. The highest BCUT2D eigenvalue weighted by Gasteiger charge is 2.16. The van der Waals surface area contributed by atoms with Gasteiger partial charge >= 0.3 is 6.03 Å². The lowest BCUT2D eigenvalue weighted by molar-refractivity contribution is 0.262. The number of aromatic amines is 1. The minimum Gasteiger partial charge on any atom is -0.455 e. The molecule has 0 saturated heterocycles. The molecule has 0 bridgehead atoms. The average molecular weight is 544 g/mol. The molecule has 11 heteroatoms. The van der Waals surface area contributed by atoms with Crippen molar-refractivity contribution in [3.8, 4) is 17.2 Å². The molecule has 206 valence electrons. The summed E-state index contributed by atoms with van der Waals surface area (Å²) >= 11 is 0. The van der Waals surface area contributed by atoms with Gasteiger partial charge in [-0.2, -0.15) is 5.10 Å². The maximum absolute atomic E-state index is 14.9. The SMILES string of the molecule is CC.Cc1nc2nccc(Oc3ccc(NC(=O)Nc4cc(C(C)C)nn4-c4ccccc4)c(F)c3)c2[nH]c1=O. The number of anilines is 2. The number of halogens is 1. The third-order valence-electron chi connectivity index (χ3n) is 5.71. The summed E-state index contributed by atoms with van der Waals surface area (Å²) in [4.78, 5) is 35.7. The Hall–Kier alpha value is -5.06. The van der Waals surface area contributed by atoms with Gasteiger partial charge in [0, 0.05) is 24.4 Å². The zero-order valence-corrected chi connectivity index (χ0v) is 22.8. The second kappa shape index (κ2) is 12.2. The molecule has 3 heterocycles. The number of carbonyl (C=O) groups is 1. The van der Waals surface area contributed by atoms with E-state index < -0.39 is 11.8 Å². The number of amides is 2. The summed E-state index contributed by atoms with van der Waals surface area (Å²) in [6.07, 6.45) is 1.48. The number of fused-ring (bicyclic) bond motifs is 1. The first-order valence-corrected chi connectivity index (χ1v) is 12.8. The highest BCUT2D eigenvalue weighted by atomic mass is 19.1. The Morgan fingerprint density at radius 2 is 1.80 bits per heavy atom. The van der Waals surface area contributed by atoms with E-state index >= 15 is 0 Å². The minimum absolute atomic E-state index is 0.0463. The predicted octanol–water partition coefficient (Wildman–Crippen LogP) is 6.54. The van der Waals surface area contributed by atoms with E-state index in [9.17, 15) is 14.0 Å². The van der Waals surface area contributed by atoms with Crippen LogP contribution in [0.3, 0.4) is 0 Å². The quantitative estimate of drug-likeness (QED) is 0.223. The molecular weight excluding hydrogens is 513 g/mol. The minimum atomic E-state index is -0.710. The van der Waals surface area contributed by atoms with Gasteiger partial charge < -0.3 is 15.0 Å². The van der Waals surface area contributed by atoms with E-state index in [-0.39, 0.29) is 34.4 Å². The van der Waals surface area contributed by atoms with Crippen LogP contribution in [0.25, 0.3) is 16.9 Å². The molecule has 40 heavy (non-hydrogen) atoms. The number of ether oxygens (including phenoxy) is 1. The molecule has 2 aromatic carbocycles. The van der Waals surface area contributed by atoms with Crippen molar-refractivity contribution in [2.24, 2.45) is 0 Å². The fraction of sp³-hybridized carbons (Fsp3) is 0.207. The van der Waals surface area contributed by atoms with E-state index in [4.69, 9.17) is 4.74 Å². The summed E-state index contributed by atoms with van der Waals surface area (Å²) in [5.41, 5.74) is 2.02. The van der Waals surface area contributed by atoms with Gasteiger partial charge in [0.1, 0.15) is 28.6 Å². The molecule has 3 N–H and O–H groups in total. The number of hydrogen-bond acceptors (Lipinski definition) is 6. The number of carbonyl (C=O) groups excluding carboxylic acids is 1. The van der Waals surface area contributed by atoms with E-state index in [0.717, 1.165) is 17.4 Å². The molecule has 3 aromatic heterocycles. The lowest BCUT2D eigenvalue weighted by Crippen LogP contribution is -2.21. The molecule has 0 unspecified atom stereocenters. The second-order valence-electron chi connectivity index (χ2n) is 8.84. The number of pyridine rings is 1. The van der Waals surface area contributed by atoms with Crippen LogP contribution < -0.4 is 20.9 Å². The maximum atomic E-state index is 14.9. The number of H-pyrrole nitrogens is 1. The number of nitrogens with one attached hydrogen (secondary N) is 3. The Morgan fingerprint density at radius 3 is 2.50 bits per heavy atom. The Labute approximate surface area is 230 Å². The Balaban J connectivity index is 0.00000181. The van der Waals surface area contributed by atoms with E-state index in [1.807, 2.05) is 58.0 Å². The van der Waals surface area contributed by atoms with Gasteiger partial charge in [-0.05, 0) is 37.1 Å². The number of urea groups is 1. The van der Waals surface area contributed by atoms with Crippen LogP contribution in [0.4, 0.5) is 20.7 Å². The molecule has 5 aromatic rings. The first kappa shape index (κ1) is 28.0. The highest BCUT2D eigenvalue weighted by molar-refractivity contribution is 5.99. The summed E-state index contributed by atoms with van der Waals surface area (Å²) in [6, 6.07) is 16.1. The van der Waals surface area contributed by atoms with Crippen LogP contribution in [0.15, 0.2) is 71.7 Å². The van der Waals surface area contributed by atoms with Crippen molar-refractivity contribution < 1.29 is 13.9 Å². The molecule has 0 aliphatic carbocycles. The van der Waals surface area contributed by atoms with Gasteiger partial charge in [-0.15, -0.1) is 0 Å². The summed E-state index contributed by atoms with van der Waals surface area (Å²) in [6.45, 7) is 9.58. The number of benzene rings is 2. The number of nitrogens with zero attached hydrogens (tertiary/aromatic N) is 4. The van der Waals surface area contributed by atoms with E-state index in [1.165, 1.54) is 24.4 Å². The number of aromatic nitrogens is 5. The lowest BCUT2D eigenvalue weighted by atomic mass is 10.1. The second-order valence-corrected chi connectivity index (χ2v) is 8.84. The standard InChI is InChI=1S/C27H24FN7O3.C2H6/c1-15(2)21-14-23(35(34-21)17-7-5-4-6-8-17)32-27(37)31-20-10-9-18(13-19(20)28)38-22-11-12-29-25-24(22)33-26(36)16(3)30-25;1-2/h4-15H,1-3H3,(H,33,36)(H2,31,32,37);1-2H3. The van der Waals surface area contributed by atoms with Crippen molar-refractivity contribution in [2.45, 2.75) is 40.5 Å². The lowest BCUT2D eigenvalue weighted by Gasteiger charge is -2.12. The first-order chi connectivity index (χ1) is 19.3. The predicted molar refractivity (Wildman–Crippen MR) is 153 cm³/mol. The Kier molecular flexibility index (Phi) is 8.53. The van der Waals surface area contributed by atoms with Gasteiger partial charge in [-0.25, -0.2) is 23.8 Å². The molecule has 0 spiro atoms. The first-order valence-electron chi connectivity index (χ1n) is 12.8. The van der Waals surface area contributed by atoms with Gasteiger partial charge in [0.15, 0.2) is 11.4 Å². The average Bonchev–Trinajstić information content (AvgIpc) is 3.37. The summed E-state index contributed by atoms with van der Waals surface area (Å²) in [5, 5.41) is 9.86. The Morgan fingerprint density at radius 1 is 1.05 bits per heavy atom. The fourth-order valence-corrected chi connectivity index (χ4v) is 3.73. The van der Waals surface area contributed by atoms with Crippen LogP contribution in [0, 0.1) is 12.7 Å². The molecule has 2 amide bonds. The molecule has 0 aliphatic rings. The third kappa shape index (κ3) is 6.15. The number of hydrogen-bond donors (Lipinski definition) is 3. The van der Waals surface area contributed by atoms with Crippen LogP contribution in [-0.2, 0) is 0 Å². The van der Waals surface area contributed by atoms with Crippen LogP contribution in [0.1, 0.15) is 45.0 Å². The largest absolute Gasteiger partial charge is 0.455 e. The highest BCUT2D eigenvalue weighted by Crippen LogP contribution is 2.29. The topological polar surface area (TPSA) is 127 Å². The number of aryl methyl sites for hydroxylation is 1. The number of rotatable bonds is 6. The van der Waals surface area contributed by atoms with Crippen LogP contribution in [0.5, 0.6) is 11.5 Å². The molecule has 0 radical (unpaired) electrons. The van der Waals surface area contributed by atoms with Crippen molar-refractivity contribution in [2.75, 3.05) is 10.6 Å². The van der Waals surface area contributed by atoms with E-state index in [0.29, 0.717) is 17.0 Å². The number of para-hydroxylation sites is 1. The van der Waals surface area contributed by atoms with E-state index in [2.05, 4.69) is 30.7 Å². The van der Waals surface area contributed by atoms with Crippen molar-refractivity contribution in [3.63, 3.8) is 0 Å². The maximum Gasteiger partial charge on any atom is 0.324 e. The zero-order chi connectivity index (χ0) is 28.8.